The lowest BCUT2D eigenvalue weighted by Gasteiger charge is -2.15. The predicted molar refractivity (Wildman–Crippen MR) is 81.1 cm³/mol. The van der Waals surface area contributed by atoms with Gasteiger partial charge in [-0.05, 0) is 43.3 Å². The summed E-state index contributed by atoms with van der Waals surface area (Å²) in [5, 5.41) is 2.92. The summed E-state index contributed by atoms with van der Waals surface area (Å²) in [5.41, 5.74) is 1.87. The number of hydrogen-bond donors (Lipinski definition) is 1. The van der Waals surface area contributed by atoms with Crippen LogP contribution in [0, 0.1) is 0 Å². The third-order valence-corrected chi connectivity index (χ3v) is 3.38. The minimum Gasteiger partial charge on any atom is -0.352 e. The number of Topliss-reactive ketones (excluding diaryl/α,β-unsaturated/α-hetero) is 2. The van der Waals surface area contributed by atoms with Gasteiger partial charge in [0.05, 0.1) is 11.3 Å². The van der Waals surface area contributed by atoms with E-state index in [1.807, 2.05) is 0 Å². The van der Waals surface area contributed by atoms with Crippen LogP contribution in [0.4, 0.5) is 5.69 Å². The van der Waals surface area contributed by atoms with Gasteiger partial charge in [0.1, 0.15) is 5.69 Å². The van der Waals surface area contributed by atoms with Crippen molar-refractivity contribution in [3.63, 3.8) is 0 Å². The van der Waals surface area contributed by atoms with Crippen LogP contribution in [0.25, 0.3) is 0 Å². The fourth-order valence-corrected chi connectivity index (χ4v) is 2.23. The van der Waals surface area contributed by atoms with Crippen molar-refractivity contribution < 1.29 is 14.4 Å². The van der Waals surface area contributed by atoms with E-state index in [-0.39, 0.29) is 34.3 Å². The number of nitrogens with one attached hydrogen (secondary N) is 1. The van der Waals surface area contributed by atoms with E-state index >= 15 is 0 Å². The zero-order chi connectivity index (χ0) is 15.7. The maximum Gasteiger partial charge on any atom is 0.211 e. The van der Waals surface area contributed by atoms with Gasteiger partial charge in [0, 0.05) is 23.5 Å². The maximum absolute atomic E-state index is 12.4. The predicted octanol–water partition coefficient (Wildman–Crippen LogP) is 2.66. The number of carbonyl (C=O) groups excluding carboxylic acids is 3. The third kappa shape index (κ3) is 2.44. The van der Waals surface area contributed by atoms with Crippen molar-refractivity contribution in [2.24, 2.45) is 0 Å². The Balaban J connectivity index is 1.89. The van der Waals surface area contributed by atoms with Crippen LogP contribution < -0.4 is 5.32 Å². The fourth-order valence-electron chi connectivity index (χ4n) is 2.23. The lowest BCUT2D eigenvalue weighted by Crippen LogP contribution is -2.22. The van der Waals surface area contributed by atoms with Gasteiger partial charge < -0.3 is 5.32 Å². The van der Waals surface area contributed by atoms with Crippen molar-refractivity contribution in [3.05, 3.63) is 71.2 Å². The lowest BCUT2D eigenvalue weighted by molar-refractivity contribution is 0.0982. The highest BCUT2D eigenvalue weighted by atomic mass is 16.1. The number of anilines is 1. The van der Waals surface area contributed by atoms with Crippen LogP contribution in [0.15, 0.2) is 54.4 Å². The number of fused-ring (bicyclic) bond motifs is 1. The maximum atomic E-state index is 12.4. The topological polar surface area (TPSA) is 76.1 Å². The van der Waals surface area contributed by atoms with Crippen LogP contribution in [0.2, 0.25) is 0 Å². The van der Waals surface area contributed by atoms with Gasteiger partial charge in [0.15, 0.2) is 5.78 Å². The zero-order valence-corrected chi connectivity index (χ0v) is 11.8. The molecule has 0 saturated heterocycles. The average Bonchev–Trinajstić information content (AvgIpc) is 2.53. The minimum absolute atomic E-state index is 0.0327. The van der Waals surface area contributed by atoms with Crippen LogP contribution in [-0.4, -0.2) is 22.3 Å². The van der Waals surface area contributed by atoms with E-state index in [0.717, 1.165) is 0 Å². The second-order valence-corrected chi connectivity index (χ2v) is 4.91. The summed E-state index contributed by atoms with van der Waals surface area (Å²) in [6, 6.07) is 9.90. The molecule has 0 spiro atoms. The summed E-state index contributed by atoms with van der Waals surface area (Å²) in [4.78, 5) is 39.5. The second-order valence-electron chi connectivity index (χ2n) is 4.91. The molecule has 1 heterocycles. The number of carbonyl (C=O) groups is 3. The number of rotatable bonds is 3. The van der Waals surface area contributed by atoms with Gasteiger partial charge in [-0.25, -0.2) is 0 Å². The number of aromatic nitrogens is 1. The lowest BCUT2D eigenvalue weighted by atomic mass is 9.97. The molecule has 1 N–H and O–H groups in total. The van der Waals surface area contributed by atoms with Crippen molar-refractivity contribution in [1.29, 1.82) is 0 Å². The summed E-state index contributed by atoms with van der Waals surface area (Å²) < 4.78 is 0. The Morgan fingerprint density at radius 3 is 2.50 bits per heavy atom. The quantitative estimate of drug-likeness (QED) is 0.880. The molecule has 5 nitrogen and oxygen atoms in total. The molecule has 3 rings (SSSR count). The Kier molecular flexibility index (Phi) is 3.39. The molecule has 0 unspecified atom stereocenters. The largest absolute Gasteiger partial charge is 0.352 e. The fraction of sp³-hybridized carbons (Fsp3) is 0.0588. The number of pyridine rings is 1. The molecule has 0 fully saturated rings. The molecule has 5 heteroatoms. The Morgan fingerprint density at radius 1 is 1.09 bits per heavy atom. The molecule has 1 aromatic heterocycles. The van der Waals surface area contributed by atoms with Crippen LogP contribution in [-0.2, 0) is 0 Å². The highest BCUT2D eigenvalue weighted by molar-refractivity contribution is 6.24. The summed E-state index contributed by atoms with van der Waals surface area (Å²) in [5.74, 6) is -0.619. The second kappa shape index (κ2) is 5.37. The molecule has 0 aliphatic heterocycles. The first-order chi connectivity index (χ1) is 10.6. The van der Waals surface area contributed by atoms with Gasteiger partial charge in [0.2, 0.25) is 11.6 Å². The van der Waals surface area contributed by atoms with Gasteiger partial charge in [-0.1, -0.05) is 0 Å². The summed E-state index contributed by atoms with van der Waals surface area (Å²) in [6.07, 6.45) is 2.73. The van der Waals surface area contributed by atoms with Gasteiger partial charge in [-0.15, -0.1) is 0 Å². The van der Waals surface area contributed by atoms with Gasteiger partial charge in [-0.3, -0.25) is 19.4 Å². The Hall–Kier alpha value is -3.08. The molecule has 1 aromatic carbocycles. The standard InChI is InChI=1S/C17H12N2O3/c1-10(20)11-4-6-12(7-5-11)19-14-9-15(21)16-13(17(14)22)3-2-8-18-16/h2-9,19H,1H3. The van der Waals surface area contributed by atoms with Crippen LogP contribution in [0.5, 0.6) is 0 Å². The average molecular weight is 292 g/mol. The van der Waals surface area contributed by atoms with E-state index in [4.69, 9.17) is 0 Å². The van der Waals surface area contributed by atoms with Crippen molar-refractivity contribution in [2.45, 2.75) is 6.92 Å². The van der Waals surface area contributed by atoms with E-state index in [1.165, 1.54) is 19.2 Å². The van der Waals surface area contributed by atoms with Crippen molar-refractivity contribution >= 4 is 23.0 Å². The van der Waals surface area contributed by atoms with Crippen molar-refractivity contribution in [1.82, 2.24) is 4.98 Å². The first-order valence-electron chi connectivity index (χ1n) is 6.70. The molecule has 108 valence electrons. The van der Waals surface area contributed by atoms with E-state index in [1.54, 1.807) is 36.4 Å². The normalized spacial score (nSPS) is 13.4. The summed E-state index contributed by atoms with van der Waals surface area (Å²) >= 11 is 0. The van der Waals surface area contributed by atoms with Gasteiger partial charge >= 0.3 is 0 Å². The van der Waals surface area contributed by atoms with E-state index in [2.05, 4.69) is 10.3 Å². The third-order valence-electron chi connectivity index (χ3n) is 3.38. The highest BCUT2D eigenvalue weighted by Crippen LogP contribution is 2.21. The van der Waals surface area contributed by atoms with E-state index < -0.39 is 0 Å². The molecule has 22 heavy (non-hydrogen) atoms. The number of allylic oxidation sites excluding steroid dienone is 2. The molecule has 1 aliphatic carbocycles. The minimum atomic E-state index is -0.307. The monoisotopic (exact) mass is 292 g/mol. The molecule has 0 bridgehead atoms. The molecule has 2 aromatic rings. The Bertz CT molecular complexity index is 820. The zero-order valence-electron chi connectivity index (χ0n) is 11.8. The molecular weight excluding hydrogens is 280 g/mol. The Labute approximate surface area is 126 Å². The molecular formula is C17H12N2O3. The van der Waals surface area contributed by atoms with Crippen molar-refractivity contribution in [2.75, 3.05) is 5.32 Å². The van der Waals surface area contributed by atoms with Gasteiger partial charge in [0.25, 0.3) is 0 Å². The number of benzene rings is 1. The molecule has 0 amide bonds. The van der Waals surface area contributed by atoms with Crippen LogP contribution in [0.1, 0.15) is 38.1 Å². The first kappa shape index (κ1) is 13.9. The molecule has 0 radical (unpaired) electrons. The van der Waals surface area contributed by atoms with E-state index in [0.29, 0.717) is 11.3 Å². The van der Waals surface area contributed by atoms with Crippen LogP contribution >= 0.6 is 0 Å². The van der Waals surface area contributed by atoms with Gasteiger partial charge in [-0.2, -0.15) is 0 Å². The highest BCUT2D eigenvalue weighted by Gasteiger charge is 2.26. The smallest absolute Gasteiger partial charge is 0.211 e. The number of hydrogen-bond acceptors (Lipinski definition) is 5. The first-order valence-corrected chi connectivity index (χ1v) is 6.70. The Morgan fingerprint density at radius 2 is 1.82 bits per heavy atom. The summed E-state index contributed by atoms with van der Waals surface area (Å²) in [7, 11) is 0. The van der Waals surface area contributed by atoms with Crippen molar-refractivity contribution in [3.8, 4) is 0 Å². The SMILES string of the molecule is CC(=O)c1ccc(NC2=CC(=O)c3ncccc3C2=O)cc1. The van der Waals surface area contributed by atoms with Crippen LogP contribution in [0.3, 0.4) is 0 Å². The molecule has 0 saturated carbocycles. The molecule has 1 aliphatic rings. The van der Waals surface area contributed by atoms with E-state index in [9.17, 15) is 14.4 Å². The molecule has 0 atom stereocenters. The summed E-state index contributed by atoms with van der Waals surface area (Å²) in [6.45, 7) is 1.48. The number of nitrogens with zero attached hydrogens (tertiary/aromatic N) is 1. The number of ketones is 3.